The Morgan fingerprint density at radius 3 is 2.34 bits per heavy atom. The topological polar surface area (TPSA) is 44.7 Å². The predicted octanol–water partition coefficient (Wildman–Crippen LogP) is 7.63. The number of likely N-dealkylation sites (N-methyl/N-ethyl adjacent to an activating group) is 1. The minimum atomic E-state index is -0.176. The second kappa shape index (κ2) is 16.9. The van der Waals surface area contributed by atoms with Crippen LogP contribution in [0.15, 0.2) is 35.3 Å². The maximum Gasteiger partial charge on any atom is 0.138 e. The third kappa shape index (κ3) is 9.37. The molecule has 4 nitrogen and oxygen atoms in total. The van der Waals surface area contributed by atoms with E-state index in [0.717, 1.165) is 45.3 Å². The highest BCUT2D eigenvalue weighted by atomic mass is 16.1. The Kier molecular flexibility index (Phi) is 15.1. The van der Waals surface area contributed by atoms with Gasteiger partial charge in [0.05, 0.1) is 5.84 Å². The van der Waals surface area contributed by atoms with E-state index in [4.69, 9.17) is 4.99 Å². The standard InChI is InChI=1S/C28H45N3O.C2H6.CH4/c1-4-5-7-14-25(29-3)24(23-12-8-6-9-13-23)16-17-26(32)28(2)18-21-31(22-19-28)27-15-10-11-20-30-27;1-2;/h6,8-9,12-13,24-25,29H,4-5,7,10-11,14-22H2,1-3H3;1-2H3;1H4/t24?,25-;;/m1../s1. The summed E-state index contributed by atoms with van der Waals surface area (Å²) < 4.78 is 0. The van der Waals surface area contributed by atoms with Crippen LogP contribution in [0.5, 0.6) is 0 Å². The van der Waals surface area contributed by atoms with Crippen molar-refractivity contribution in [1.29, 1.82) is 0 Å². The number of likely N-dealkylation sites (tertiary alicyclic amines) is 1. The molecule has 1 N–H and O–H groups in total. The second-order valence-corrected chi connectivity index (χ2v) is 10.2. The molecule has 1 aromatic carbocycles. The monoisotopic (exact) mass is 485 g/mol. The van der Waals surface area contributed by atoms with E-state index in [2.05, 4.69) is 61.4 Å². The van der Waals surface area contributed by atoms with Crippen molar-refractivity contribution in [2.45, 2.75) is 118 Å². The Morgan fingerprint density at radius 2 is 1.77 bits per heavy atom. The van der Waals surface area contributed by atoms with Crippen molar-refractivity contribution in [3.63, 3.8) is 0 Å². The van der Waals surface area contributed by atoms with Gasteiger partial charge in [-0.15, -0.1) is 0 Å². The number of Topliss-reactive ketones (excluding diaryl/α,β-unsaturated/α-hetero) is 1. The molecule has 4 heteroatoms. The summed E-state index contributed by atoms with van der Waals surface area (Å²) in [5, 5.41) is 3.58. The van der Waals surface area contributed by atoms with Gasteiger partial charge in [0.2, 0.25) is 0 Å². The lowest BCUT2D eigenvalue weighted by Crippen LogP contribution is -2.45. The summed E-state index contributed by atoms with van der Waals surface area (Å²) in [4.78, 5) is 20.6. The van der Waals surface area contributed by atoms with Gasteiger partial charge in [0.1, 0.15) is 5.78 Å². The molecule has 0 aliphatic carbocycles. The van der Waals surface area contributed by atoms with Crippen LogP contribution >= 0.6 is 0 Å². The Morgan fingerprint density at radius 1 is 1.09 bits per heavy atom. The van der Waals surface area contributed by atoms with Crippen LogP contribution in [-0.2, 0) is 4.79 Å². The Hall–Kier alpha value is -1.68. The first-order chi connectivity index (χ1) is 16.6. The molecule has 3 rings (SSSR count). The molecule has 1 fully saturated rings. The lowest BCUT2D eigenvalue weighted by atomic mass is 9.73. The third-order valence-electron chi connectivity index (χ3n) is 7.89. The Bertz CT molecular complexity index is 722. The number of carbonyl (C=O) groups is 1. The van der Waals surface area contributed by atoms with Gasteiger partial charge in [-0.2, -0.15) is 0 Å². The number of hydrogen-bond acceptors (Lipinski definition) is 4. The van der Waals surface area contributed by atoms with Crippen LogP contribution < -0.4 is 5.32 Å². The van der Waals surface area contributed by atoms with Gasteiger partial charge in [-0.05, 0) is 57.1 Å². The normalized spacial score (nSPS) is 18.9. The van der Waals surface area contributed by atoms with Crippen molar-refractivity contribution in [3.05, 3.63) is 35.9 Å². The van der Waals surface area contributed by atoms with E-state index >= 15 is 0 Å². The van der Waals surface area contributed by atoms with Crippen molar-refractivity contribution in [2.24, 2.45) is 10.4 Å². The van der Waals surface area contributed by atoms with E-state index < -0.39 is 0 Å². The number of ketones is 1. The molecule has 0 aromatic heterocycles. The second-order valence-electron chi connectivity index (χ2n) is 10.2. The zero-order valence-corrected chi connectivity index (χ0v) is 22.7. The number of aliphatic imine (C=N–C) groups is 1. The summed E-state index contributed by atoms with van der Waals surface area (Å²) in [7, 11) is 2.08. The zero-order valence-electron chi connectivity index (χ0n) is 22.7. The fraction of sp³-hybridized carbons (Fsp3) is 0.742. The highest BCUT2D eigenvalue weighted by molar-refractivity contribution is 5.86. The van der Waals surface area contributed by atoms with Crippen molar-refractivity contribution >= 4 is 11.6 Å². The molecule has 2 heterocycles. The van der Waals surface area contributed by atoms with Gasteiger partial charge < -0.3 is 10.2 Å². The number of rotatable bonds is 11. The SMILES string of the molecule is C.CC.CCCCC[C@@H](NC)C(CCC(=O)C1(C)CCN(C2=NCCCC2)CC1)c1ccccc1. The van der Waals surface area contributed by atoms with Crippen molar-refractivity contribution in [3.8, 4) is 0 Å². The average Bonchev–Trinajstić information content (AvgIpc) is 2.90. The molecular formula is C31H55N3O. The average molecular weight is 486 g/mol. The first kappa shape index (κ1) is 31.4. The molecular weight excluding hydrogens is 430 g/mol. The summed E-state index contributed by atoms with van der Waals surface area (Å²) in [5.74, 6) is 2.15. The summed E-state index contributed by atoms with van der Waals surface area (Å²) in [6, 6.07) is 11.3. The first-order valence-corrected chi connectivity index (χ1v) is 14.1. The fourth-order valence-electron chi connectivity index (χ4n) is 5.53. The number of piperidine rings is 1. The predicted molar refractivity (Wildman–Crippen MR) is 154 cm³/mol. The minimum absolute atomic E-state index is 0. The van der Waals surface area contributed by atoms with E-state index in [1.807, 2.05) is 13.8 Å². The third-order valence-corrected chi connectivity index (χ3v) is 7.89. The molecule has 0 amide bonds. The molecule has 0 radical (unpaired) electrons. The summed E-state index contributed by atoms with van der Waals surface area (Å²) in [6.45, 7) is 11.4. The number of unbranched alkanes of at least 4 members (excludes halogenated alkanes) is 2. The van der Waals surface area contributed by atoms with Crippen LogP contribution in [0, 0.1) is 5.41 Å². The summed E-state index contributed by atoms with van der Waals surface area (Å²) >= 11 is 0. The van der Waals surface area contributed by atoms with Gasteiger partial charge in [0, 0.05) is 43.9 Å². The Balaban J connectivity index is 0.00000199. The number of amidine groups is 1. The van der Waals surface area contributed by atoms with Gasteiger partial charge in [-0.25, -0.2) is 0 Å². The molecule has 1 saturated heterocycles. The molecule has 1 aromatic rings. The maximum atomic E-state index is 13.4. The Labute approximate surface area is 217 Å². The van der Waals surface area contributed by atoms with Gasteiger partial charge in [-0.1, -0.05) is 84.7 Å². The fourth-order valence-corrected chi connectivity index (χ4v) is 5.53. The van der Waals surface area contributed by atoms with Crippen LogP contribution in [0.1, 0.15) is 117 Å². The van der Waals surface area contributed by atoms with E-state index in [1.165, 1.54) is 49.9 Å². The lowest BCUT2D eigenvalue weighted by Gasteiger charge is -2.40. The molecule has 0 bridgehead atoms. The molecule has 2 aliphatic rings. The highest BCUT2D eigenvalue weighted by Crippen LogP contribution is 2.36. The van der Waals surface area contributed by atoms with E-state index in [0.29, 0.717) is 24.2 Å². The molecule has 35 heavy (non-hydrogen) atoms. The van der Waals surface area contributed by atoms with Crippen LogP contribution in [0.25, 0.3) is 0 Å². The number of carbonyl (C=O) groups excluding carboxylic acids is 1. The number of nitrogens with one attached hydrogen (secondary N) is 1. The van der Waals surface area contributed by atoms with Gasteiger partial charge in [0.25, 0.3) is 0 Å². The quantitative estimate of drug-likeness (QED) is 0.328. The van der Waals surface area contributed by atoms with E-state index in [1.54, 1.807) is 0 Å². The number of benzene rings is 1. The molecule has 0 spiro atoms. The molecule has 1 unspecified atom stereocenters. The largest absolute Gasteiger partial charge is 0.360 e. The lowest BCUT2D eigenvalue weighted by molar-refractivity contribution is -0.130. The van der Waals surface area contributed by atoms with Crippen LogP contribution in [0.2, 0.25) is 0 Å². The molecule has 2 atom stereocenters. The van der Waals surface area contributed by atoms with Gasteiger partial charge in [0.15, 0.2) is 0 Å². The number of nitrogens with zero attached hydrogens (tertiary/aromatic N) is 2. The van der Waals surface area contributed by atoms with E-state index in [9.17, 15) is 4.79 Å². The van der Waals surface area contributed by atoms with Gasteiger partial charge >= 0.3 is 0 Å². The summed E-state index contributed by atoms with van der Waals surface area (Å²) in [6.07, 6.45) is 12.1. The van der Waals surface area contributed by atoms with Crippen molar-refractivity contribution < 1.29 is 4.79 Å². The van der Waals surface area contributed by atoms with Crippen LogP contribution in [0.3, 0.4) is 0 Å². The first-order valence-electron chi connectivity index (χ1n) is 14.1. The van der Waals surface area contributed by atoms with E-state index in [-0.39, 0.29) is 12.8 Å². The number of hydrogen-bond donors (Lipinski definition) is 1. The molecule has 200 valence electrons. The summed E-state index contributed by atoms with van der Waals surface area (Å²) in [5.41, 5.74) is 1.19. The van der Waals surface area contributed by atoms with Crippen molar-refractivity contribution in [1.82, 2.24) is 10.2 Å². The van der Waals surface area contributed by atoms with Crippen LogP contribution in [0.4, 0.5) is 0 Å². The van der Waals surface area contributed by atoms with Gasteiger partial charge in [-0.3, -0.25) is 9.79 Å². The molecule has 0 saturated carbocycles. The van der Waals surface area contributed by atoms with Crippen LogP contribution in [-0.4, -0.2) is 49.2 Å². The minimum Gasteiger partial charge on any atom is -0.360 e. The smallest absolute Gasteiger partial charge is 0.138 e. The molecule has 2 aliphatic heterocycles. The zero-order chi connectivity index (χ0) is 24.8. The maximum absolute atomic E-state index is 13.4. The van der Waals surface area contributed by atoms with Crippen molar-refractivity contribution in [2.75, 3.05) is 26.7 Å². The highest BCUT2D eigenvalue weighted by Gasteiger charge is 2.37.